The smallest absolute Gasteiger partial charge is 0.231 e. The lowest BCUT2D eigenvalue weighted by atomic mass is 9.71. The summed E-state index contributed by atoms with van der Waals surface area (Å²) in [6.07, 6.45) is 6.48. The van der Waals surface area contributed by atoms with E-state index in [1.54, 1.807) is 0 Å². The summed E-state index contributed by atoms with van der Waals surface area (Å²) < 4.78 is 2.02. The van der Waals surface area contributed by atoms with Gasteiger partial charge in [0.1, 0.15) is 0 Å². The molecule has 0 fully saturated rings. The Morgan fingerprint density at radius 1 is 1.24 bits per heavy atom. The van der Waals surface area contributed by atoms with E-state index in [1.807, 2.05) is 10.6 Å². The number of carbonyl (C=O) groups excluding carboxylic acids is 1. The first kappa shape index (κ1) is 12.9. The molecule has 0 amide bonds. The zero-order chi connectivity index (χ0) is 14.4. The summed E-state index contributed by atoms with van der Waals surface area (Å²) in [5.41, 5.74) is 3.75. The third-order valence-electron chi connectivity index (χ3n) is 5.50. The molecule has 1 atom stereocenters. The predicted molar refractivity (Wildman–Crippen MR) is 86.1 cm³/mol. The Labute approximate surface area is 125 Å². The van der Waals surface area contributed by atoms with E-state index >= 15 is 0 Å². The number of benzene rings is 1. The summed E-state index contributed by atoms with van der Waals surface area (Å²) in [4.78, 5) is 12.6. The standard InChI is InChI=1S/C18H22N2O/c1-2-18-10-5-6-12-19-16-13-7-3-4-8-14(13)20(17(16)18)15(21)9-11-18/h3-4,7-8,19H,2,5-6,9-12H2,1H3/t18-/m1/s1. The Morgan fingerprint density at radius 3 is 2.95 bits per heavy atom. The van der Waals surface area contributed by atoms with Crippen molar-refractivity contribution >= 4 is 22.5 Å². The third kappa shape index (κ3) is 1.69. The van der Waals surface area contributed by atoms with E-state index in [9.17, 15) is 4.79 Å². The molecule has 0 saturated heterocycles. The fourth-order valence-corrected chi connectivity index (χ4v) is 4.32. The Morgan fingerprint density at radius 2 is 2.10 bits per heavy atom. The maximum absolute atomic E-state index is 12.6. The number of hydrogen-bond donors (Lipinski definition) is 1. The molecule has 4 rings (SSSR count). The van der Waals surface area contributed by atoms with E-state index in [-0.39, 0.29) is 11.3 Å². The molecule has 3 heteroatoms. The minimum absolute atomic E-state index is 0.176. The van der Waals surface area contributed by atoms with Crippen LogP contribution in [0.15, 0.2) is 24.3 Å². The largest absolute Gasteiger partial charge is 0.383 e. The van der Waals surface area contributed by atoms with Crippen molar-refractivity contribution in [1.82, 2.24) is 4.57 Å². The van der Waals surface area contributed by atoms with Crippen LogP contribution in [-0.2, 0) is 5.41 Å². The second-order valence-corrected chi connectivity index (χ2v) is 6.49. The number of anilines is 1. The SMILES string of the molecule is CC[C@]12CCCCNc3c1n(c1ccccc31)C(=O)CC2. The lowest BCUT2D eigenvalue weighted by Gasteiger charge is -2.39. The number of nitrogens with zero attached hydrogens (tertiary/aromatic N) is 1. The normalized spacial score (nSPS) is 25.1. The van der Waals surface area contributed by atoms with Crippen molar-refractivity contribution in [3.63, 3.8) is 0 Å². The first-order valence-corrected chi connectivity index (χ1v) is 8.18. The first-order chi connectivity index (χ1) is 10.3. The van der Waals surface area contributed by atoms with Gasteiger partial charge in [-0.05, 0) is 31.7 Å². The highest BCUT2D eigenvalue weighted by molar-refractivity contribution is 6.03. The maximum Gasteiger partial charge on any atom is 0.231 e. The Kier molecular flexibility index (Phi) is 2.84. The molecule has 1 aromatic carbocycles. The highest BCUT2D eigenvalue weighted by Gasteiger charge is 2.42. The van der Waals surface area contributed by atoms with Crippen LogP contribution in [0.25, 0.3) is 10.9 Å². The van der Waals surface area contributed by atoms with Crippen LogP contribution in [0.5, 0.6) is 0 Å². The molecular formula is C18H22N2O. The van der Waals surface area contributed by atoms with Crippen LogP contribution in [0.2, 0.25) is 0 Å². The lowest BCUT2D eigenvalue weighted by molar-refractivity contribution is 0.0849. The topological polar surface area (TPSA) is 34.0 Å². The van der Waals surface area contributed by atoms with Crippen molar-refractivity contribution in [1.29, 1.82) is 0 Å². The molecule has 2 aliphatic heterocycles. The van der Waals surface area contributed by atoms with Crippen LogP contribution in [0.3, 0.4) is 0 Å². The monoisotopic (exact) mass is 282 g/mol. The van der Waals surface area contributed by atoms with Gasteiger partial charge in [0, 0.05) is 23.8 Å². The molecule has 3 nitrogen and oxygen atoms in total. The van der Waals surface area contributed by atoms with E-state index in [0.717, 1.165) is 24.9 Å². The van der Waals surface area contributed by atoms with Gasteiger partial charge in [0.05, 0.1) is 16.9 Å². The fraction of sp³-hybridized carbons (Fsp3) is 0.500. The van der Waals surface area contributed by atoms with Gasteiger partial charge in [0.25, 0.3) is 0 Å². The van der Waals surface area contributed by atoms with Crippen molar-refractivity contribution in [2.75, 3.05) is 11.9 Å². The van der Waals surface area contributed by atoms with Gasteiger partial charge in [-0.15, -0.1) is 0 Å². The van der Waals surface area contributed by atoms with Crippen LogP contribution < -0.4 is 5.32 Å². The molecule has 0 bridgehead atoms. The first-order valence-electron chi connectivity index (χ1n) is 8.18. The molecule has 0 aliphatic carbocycles. The minimum atomic E-state index is 0.176. The molecule has 110 valence electrons. The van der Waals surface area contributed by atoms with Gasteiger partial charge < -0.3 is 5.32 Å². The number of hydrogen-bond acceptors (Lipinski definition) is 2. The van der Waals surface area contributed by atoms with E-state index < -0.39 is 0 Å². The predicted octanol–water partition coefficient (Wildman–Crippen LogP) is 4.32. The minimum Gasteiger partial charge on any atom is -0.383 e. The fourth-order valence-electron chi connectivity index (χ4n) is 4.32. The molecule has 3 heterocycles. The van der Waals surface area contributed by atoms with Crippen molar-refractivity contribution < 1.29 is 4.79 Å². The number of carbonyl (C=O) groups is 1. The summed E-state index contributed by atoms with van der Waals surface area (Å²) in [7, 11) is 0. The maximum atomic E-state index is 12.6. The number of nitrogens with one attached hydrogen (secondary N) is 1. The van der Waals surface area contributed by atoms with Crippen LogP contribution >= 0.6 is 0 Å². The van der Waals surface area contributed by atoms with E-state index in [1.165, 1.54) is 36.0 Å². The van der Waals surface area contributed by atoms with Crippen LogP contribution in [-0.4, -0.2) is 17.0 Å². The summed E-state index contributed by atoms with van der Waals surface area (Å²) in [6, 6.07) is 8.35. The molecule has 0 saturated carbocycles. The number of para-hydroxylation sites is 1. The molecule has 0 spiro atoms. The van der Waals surface area contributed by atoms with Crippen molar-refractivity contribution in [3.05, 3.63) is 30.0 Å². The quantitative estimate of drug-likeness (QED) is 0.845. The molecule has 1 N–H and O–H groups in total. The van der Waals surface area contributed by atoms with Crippen molar-refractivity contribution in [3.8, 4) is 0 Å². The second kappa shape index (κ2) is 4.62. The van der Waals surface area contributed by atoms with Gasteiger partial charge in [-0.25, -0.2) is 0 Å². The van der Waals surface area contributed by atoms with Crippen LogP contribution in [0.4, 0.5) is 5.69 Å². The van der Waals surface area contributed by atoms with E-state index in [2.05, 4.69) is 30.4 Å². The molecular weight excluding hydrogens is 260 g/mol. The summed E-state index contributed by atoms with van der Waals surface area (Å²) >= 11 is 0. The molecule has 2 aliphatic rings. The zero-order valence-corrected chi connectivity index (χ0v) is 12.6. The van der Waals surface area contributed by atoms with Gasteiger partial charge in [-0.3, -0.25) is 9.36 Å². The highest BCUT2D eigenvalue weighted by atomic mass is 16.2. The zero-order valence-electron chi connectivity index (χ0n) is 12.6. The van der Waals surface area contributed by atoms with Gasteiger partial charge >= 0.3 is 0 Å². The van der Waals surface area contributed by atoms with Crippen LogP contribution in [0, 0.1) is 0 Å². The molecule has 1 aromatic heterocycles. The van der Waals surface area contributed by atoms with E-state index in [0.29, 0.717) is 6.42 Å². The molecule has 0 radical (unpaired) electrons. The number of fused-ring (bicyclic) bond motifs is 3. The van der Waals surface area contributed by atoms with Gasteiger partial charge in [-0.2, -0.15) is 0 Å². The van der Waals surface area contributed by atoms with Gasteiger partial charge in [0.2, 0.25) is 5.91 Å². The van der Waals surface area contributed by atoms with Gasteiger partial charge in [-0.1, -0.05) is 31.5 Å². The van der Waals surface area contributed by atoms with E-state index in [4.69, 9.17) is 0 Å². The lowest BCUT2D eigenvalue weighted by Crippen LogP contribution is -2.37. The Bertz CT molecular complexity index is 715. The summed E-state index contributed by atoms with van der Waals surface area (Å²) in [5, 5.41) is 4.84. The second-order valence-electron chi connectivity index (χ2n) is 6.49. The molecule has 2 aromatic rings. The molecule has 21 heavy (non-hydrogen) atoms. The highest BCUT2D eigenvalue weighted by Crippen LogP contribution is 2.49. The van der Waals surface area contributed by atoms with Crippen molar-refractivity contribution in [2.45, 2.75) is 50.9 Å². The van der Waals surface area contributed by atoms with Crippen LogP contribution in [0.1, 0.15) is 55.9 Å². The average Bonchev–Trinajstić information content (AvgIpc) is 2.83. The van der Waals surface area contributed by atoms with Crippen molar-refractivity contribution in [2.24, 2.45) is 0 Å². The molecule has 0 unspecified atom stereocenters. The van der Waals surface area contributed by atoms with Gasteiger partial charge in [0.15, 0.2) is 0 Å². The number of rotatable bonds is 1. The Balaban J connectivity index is 2.11. The third-order valence-corrected chi connectivity index (χ3v) is 5.50. The Hall–Kier alpha value is -1.77. The summed E-state index contributed by atoms with van der Waals surface area (Å²) in [5.74, 6) is 0.263. The summed E-state index contributed by atoms with van der Waals surface area (Å²) in [6.45, 7) is 3.29. The number of aromatic nitrogens is 1. The average molecular weight is 282 g/mol.